The van der Waals surface area contributed by atoms with Crippen LogP contribution in [-0.4, -0.2) is 22.4 Å². The van der Waals surface area contributed by atoms with E-state index < -0.39 is 5.54 Å². The second-order valence-corrected chi connectivity index (χ2v) is 6.75. The third-order valence-electron chi connectivity index (χ3n) is 3.64. The fraction of sp³-hybridized carbons (Fsp3) is 0.500. The standard InChI is InChI=1S/C12H13BrN2O2S/c13-8-5-9(18-7-8)6-15-10(16)12(14-11(15)17)3-1-2-4-12/h5,7H,1-4,6H2,(H,14,17). The third kappa shape index (κ3) is 1.87. The van der Waals surface area contributed by atoms with Crippen LogP contribution in [0.4, 0.5) is 4.79 Å². The summed E-state index contributed by atoms with van der Waals surface area (Å²) in [5, 5.41) is 4.84. The van der Waals surface area contributed by atoms with Gasteiger partial charge in [-0.15, -0.1) is 11.3 Å². The molecule has 2 aliphatic rings. The first-order valence-electron chi connectivity index (χ1n) is 5.98. The predicted molar refractivity (Wildman–Crippen MR) is 72.3 cm³/mol. The van der Waals surface area contributed by atoms with Gasteiger partial charge in [0.05, 0.1) is 6.54 Å². The molecule has 0 radical (unpaired) electrons. The van der Waals surface area contributed by atoms with Crippen molar-refractivity contribution in [1.29, 1.82) is 0 Å². The summed E-state index contributed by atoms with van der Waals surface area (Å²) in [4.78, 5) is 26.7. The second kappa shape index (κ2) is 4.35. The molecule has 1 aliphatic heterocycles. The minimum absolute atomic E-state index is 0.0467. The Kier molecular flexibility index (Phi) is 2.94. The minimum atomic E-state index is -0.592. The number of thiophene rings is 1. The van der Waals surface area contributed by atoms with Crippen molar-refractivity contribution < 1.29 is 9.59 Å². The molecular weight excluding hydrogens is 316 g/mol. The molecule has 3 rings (SSSR count). The summed E-state index contributed by atoms with van der Waals surface area (Å²) in [6, 6.07) is 1.71. The molecule has 2 heterocycles. The number of hydrogen-bond donors (Lipinski definition) is 1. The van der Waals surface area contributed by atoms with E-state index >= 15 is 0 Å². The summed E-state index contributed by atoms with van der Waals surface area (Å²) in [7, 11) is 0. The monoisotopic (exact) mass is 328 g/mol. The maximum atomic E-state index is 12.4. The maximum Gasteiger partial charge on any atom is 0.325 e. The second-order valence-electron chi connectivity index (χ2n) is 4.84. The van der Waals surface area contributed by atoms with Crippen LogP contribution in [0.15, 0.2) is 15.9 Å². The number of carbonyl (C=O) groups excluding carboxylic acids is 2. The molecule has 1 aliphatic carbocycles. The molecule has 0 atom stereocenters. The molecule has 1 saturated heterocycles. The molecule has 0 unspecified atom stereocenters. The Labute approximate surface area is 117 Å². The minimum Gasteiger partial charge on any atom is -0.323 e. The normalized spacial score (nSPS) is 21.9. The van der Waals surface area contributed by atoms with Crippen LogP contribution in [0.5, 0.6) is 0 Å². The van der Waals surface area contributed by atoms with Gasteiger partial charge in [-0.05, 0) is 34.8 Å². The molecule has 1 spiro atoms. The number of nitrogens with zero attached hydrogens (tertiary/aromatic N) is 1. The van der Waals surface area contributed by atoms with Crippen LogP contribution in [0.2, 0.25) is 0 Å². The number of nitrogens with one attached hydrogen (secondary N) is 1. The Balaban J connectivity index is 1.80. The zero-order valence-corrected chi connectivity index (χ0v) is 12.1. The lowest BCUT2D eigenvalue weighted by atomic mass is 9.98. The van der Waals surface area contributed by atoms with Gasteiger partial charge >= 0.3 is 6.03 Å². The van der Waals surface area contributed by atoms with Gasteiger partial charge in [-0.3, -0.25) is 9.69 Å². The van der Waals surface area contributed by atoms with Gasteiger partial charge in [-0.2, -0.15) is 0 Å². The highest BCUT2D eigenvalue weighted by atomic mass is 79.9. The van der Waals surface area contributed by atoms with E-state index in [1.54, 1.807) is 11.3 Å². The van der Waals surface area contributed by atoms with E-state index in [2.05, 4.69) is 21.2 Å². The zero-order chi connectivity index (χ0) is 12.8. The van der Waals surface area contributed by atoms with E-state index in [4.69, 9.17) is 0 Å². The molecule has 4 nitrogen and oxygen atoms in total. The lowest BCUT2D eigenvalue weighted by Gasteiger charge is -2.19. The van der Waals surface area contributed by atoms with Gasteiger partial charge in [-0.1, -0.05) is 12.8 Å². The van der Waals surface area contributed by atoms with Crippen LogP contribution < -0.4 is 5.32 Å². The molecule has 0 bridgehead atoms. The van der Waals surface area contributed by atoms with E-state index in [-0.39, 0.29) is 11.9 Å². The van der Waals surface area contributed by atoms with Crippen molar-refractivity contribution in [2.45, 2.75) is 37.8 Å². The van der Waals surface area contributed by atoms with Crippen molar-refractivity contribution in [1.82, 2.24) is 10.2 Å². The predicted octanol–water partition coefficient (Wildman–Crippen LogP) is 2.88. The van der Waals surface area contributed by atoms with Crippen molar-refractivity contribution in [3.05, 3.63) is 20.8 Å². The largest absolute Gasteiger partial charge is 0.325 e. The first-order chi connectivity index (χ1) is 8.61. The molecule has 1 aromatic heterocycles. The molecule has 1 aromatic rings. The number of carbonyl (C=O) groups is 2. The first-order valence-corrected chi connectivity index (χ1v) is 7.65. The molecule has 3 amide bonds. The smallest absolute Gasteiger partial charge is 0.323 e. The lowest BCUT2D eigenvalue weighted by Crippen LogP contribution is -2.44. The van der Waals surface area contributed by atoms with Crippen LogP contribution in [0.3, 0.4) is 0 Å². The Morgan fingerprint density at radius 2 is 2.11 bits per heavy atom. The van der Waals surface area contributed by atoms with Crippen molar-refractivity contribution in [2.75, 3.05) is 0 Å². The molecule has 6 heteroatoms. The quantitative estimate of drug-likeness (QED) is 0.848. The molecule has 1 saturated carbocycles. The fourth-order valence-electron chi connectivity index (χ4n) is 2.73. The summed E-state index contributed by atoms with van der Waals surface area (Å²) < 4.78 is 0.991. The van der Waals surface area contributed by atoms with Crippen LogP contribution in [0, 0.1) is 0 Å². The highest BCUT2D eigenvalue weighted by Crippen LogP contribution is 2.36. The van der Waals surface area contributed by atoms with Crippen molar-refractivity contribution in [3.8, 4) is 0 Å². The Morgan fingerprint density at radius 1 is 1.39 bits per heavy atom. The summed E-state index contributed by atoms with van der Waals surface area (Å²) in [6.45, 7) is 0.378. The first kappa shape index (κ1) is 12.2. The van der Waals surface area contributed by atoms with E-state index in [0.29, 0.717) is 6.54 Å². The van der Waals surface area contributed by atoms with Gasteiger partial charge in [0.15, 0.2) is 0 Å². The van der Waals surface area contributed by atoms with E-state index in [1.165, 1.54) is 4.90 Å². The number of halogens is 1. The average molecular weight is 329 g/mol. The van der Waals surface area contributed by atoms with Gasteiger partial charge in [0.1, 0.15) is 5.54 Å². The summed E-state index contributed by atoms with van der Waals surface area (Å²) in [5.41, 5.74) is -0.592. The Bertz CT molecular complexity index is 508. The van der Waals surface area contributed by atoms with E-state index in [1.807, 2.05) is 11.4 Å². The molecule has 96 valence electrons. The average Bonchev–Trinajstić information content (AvgIpc) is 2.99. The number of rotatable bonds is 2. The lowest BCUT2D eigenvalue weighted by molar-refractivity contribution is -0.131. The highest BCUT2D eigenvalue weighted by Gasteiger charge is 2.52. The van der Waals surface area contributed by atoms with Crippen molar-refractivity contribution >= 4 is 39.2 Å². The Hall–Kier alpha value is -0.880. The third-order valence-corrected chi connectivity index (χ3v) is 5.32. The summed E-state index contributed by atoms with van der Waals surface area (Å²) in [5.74, 6) is -0.0467. The summed E-state index contributed by atoms with van der Waals surface area (Å²) in [6.07, 6.45) is 3.60. The van der Waals surface area contributed by atoms with Gasteiger partial charge in [-0.25, -0.2) is 4.79 Å². The molecule has 1 N–H and O–H groups in total. The molecular formula is C12H13BrN2O2S. The van der Waals surface area contributed by atoms with Gasteiger partial charge < -0.3 is 5.32 Å². The van der Waals surface area contributed by atoms with Crippen LogP contribution in [0.25, 0.3) is 0 Å². The van der Waals surface area contributed by atoms with Crippen molar-refractivity contribution in [2.24, 2.45) is 0 Å². The molecule has 0 aromatic carbocycles. The zero-order valence-electron chi connectivity index (χ0n) is 9.74. The topological polar surface area (TPSA) is 49.4 Å². The van der Waals surface area contributed by atoms with Crippen LogP contribution >= 0.6 is 27.3 Å². The van der Waals surface area contributed by atoms with Crippen molar-refractivity contribution in [3.63, 3.8) is 0 Å². The molecule has 2 fully saturated rings. The highest BCUT2D eigenvalue weighted by molar-refractivity contribution is 9.10. The maximum absolute atomic E-state index is 12.4. The Morgan fingerprint density at radius 3 is 2.72 bits per heavy atom. The van der Waals surface area contributed by atoms with Crippen LogP contribution in [0.1, 0.15) is 30.6 Å². The van der Waals surface area contributed by atoms with E-state index in [0.717, 1.165) is 35.0 Å². The fourth-order valence-corrected chi connectivity index (χ4v) is 4.17. The van der Waals surface area contributed by atoms with Gasteiger partial charge in [0, 0.05) is 14.7 Å². The number of urea groups is 1. The van der Waals surface area contributed by atoms with Crippen LogP contribution in [-0.2, 0) is 11.3 Å². The summed E-state index contributed by atoms with van der Waals surface area (Å²) >= 11 is 4.93. The SMILES string of the molecule is O=C1NC2(CCCC2)C(=O)N1Cc1cc(Br)cs1. The van der Waals surface area contributed by atoms with E-state index in [9.17, 15) is 9.59 Å². The van der Waals surface area contributed by atoms with Gasteiger partial charge in [0.2, 0.25) is 0 Å². The number of hydrogen-bond acceptors (Lipinski definition) is 3. The number of imide groups is 1. The molecule has 18 heavy (non-hydrogen) atoms. The van der Waals surface area contributed by atoms with Gasteiger partial charge in [0.25, 0.3) is 5.91 Å². The number of amides is 3.